The molecule has 1 aliphatic heterocycles. The molecule has 1 atom stereocenters. The number of ether oxygens (including phenoxy) is 1. The van der Waals surface area contributed by atoms with Crippen LogP contribution in [-0.4, -0.2) is 64.8 Å². The highest BCUT2D eigenvalue weighted by molar-refractivity contribution is 7.99. The molecule has 4 rings (SSSR count). The molecule has 3 aromatic rings. The predicted molar refractivity (Wildman–Crippen MR) is 147 cm³/mol. The summed E-state index contributed by atoms with van der Waals surface area (Å²) in [6.45, 7) is 9.04. The Labute approximate surface area is 222 Å². The van der Waals surface area contributed by atoms with Crippen molar-refractivity contribution in [3.63, 3.8) is 0 Å². The Morgan fingerprint density at radius 3 is 2.32 bits per heavy atom. The minimum Gasteiger partial charge on any atom is -0.378 e. The van der Waals surface area contributed by atoms with E-state index in [9.17, 15) is 9.59 Å². The molecule has 2 heterocycles. The molecule has 0 saturated carbocycles. The van der Waals surface area contributed by atoms with Crippen molar-refractivity contribution in [1.82, 2.24) is 14.9 Å². The molecule has 2 aromatic carbocycles. The van der Waals surface area contributed by atoms with Crippen LogP contribution in [0.25, 0.3) is 0 Å². The molecule has 0 radical (unpaired) electrons. The van der Waals surface area contributed by atoms with Gasteiger partial charge in [0.15, 0.2) is 5.16 Å². The Balaban J connectivity index is 1.43. The van der Waals surface area contributed by atoms with Crippen LogP contribution in [0.3, 0.4) is 0 Å². The first-order chi connectivity index (χ1) is 17.9. The van der Waals surface area contributed by atoms with Gasteiger partial charge in [0.1, 0.15) is 6.04 Å². The third-order valence-electron chi connectivity index (χ3n) is 6.16. The minimum absolute atomic E-state index is 0.140. The lowest BCUT2D eigenvalue weighted by molar-refractivity contribution is -0.136. The van der Waals surface area contributed by atoms with Crippen LogP contribution in [0.5, 0.6) is 0 Å². The Kier molecular flexibility index (Phi) is 9.14. The van der Waals surface area contributed by atoms with Crippen molar-refractivity contribution in [3.05, 3.63) is 77.6 Å². The highest BCUT2D eigenvalue weighted by atomic mass is 32.2. The highest BCUT2D eigenvalue weighted by Gasteiger charge is 2.26. The van der Waals surface area contributed by atoms with E-state index in [-0.39, 0.29) is 17.6 Å². The Bertz CT molecular complexity index is 1180. The Morgan fingerprint density at radius 2 is 1.68 bits per heavy atom. The maximum atomic E-state index is 13.4. The monoisotopic (exact) mass is 519 g/mol. The molecule has 9 heteroatoms. The van der Waals surface area contributed by atoms with Gasteiger partial charge in [0, 0.05) is 42.4 Å². The van der Waals surface area contributed by atoms with Crippen LogP contribution in [0.2, 0.25) is 0 Å². The van der Waals surface area contributed by atoms with E-state index in [1.54, 1.807) is 11.8 Å². The summed E-state index contributed by atoms with van der Waals surface area (Å²) >= 11 is 1.29. The lowest BCUT2D eigenvalue weighted by Crippen LogP contribution is -2.46. The first-order valence-electron chi connectivity index (χ1n) is 12.4. The number of aromatic nitrogens is 2. The van der Waals surface area contributed by atoms with Gasteiger partial charge in [-0.05, 0) is 56.7 Å². The molecule has 1 saturated heterocycles. The van der Waals surface area contributed by atoms with E-state index in [4.69, 9.17) is 4.74 Å². The fourth-order valence-corrected chi connectivity index (χ4v) is 4.99. The molecule has 1 unspecified atom stereocenters. The highest BCUT2D eigenvalue weighted by Crippen LogP contribution is 2.21. The molecule has 1 N–H and O–H groups in total. The zero-order valence-electron chi connectivity index (χ0n) is 21.5. The van der Waals surface area contributed by atoms with Crippen LogP contribution >= 0.6 is 11.8 Å². The number of nitrogens with one attached hydrogen (secondary N) is 1. The van der Waals surface area contributed by atoms with Crippen molar-refractivity contribution in [2.24, 2.45) is 0 Å². The minimum atomic E-state index is -0.674. The van der Waals surface area contributed by atoms with E-state index in [0.29, 0.717) is 17.4 Å². The zero-order valence-corrected chi connectivity index (χ0v) is 22.3. The fourth-order valence-electron chi connectivity index (χ4n) is 4.15. The van der Waals surface area contributed by atoms with E-state index < -0.39 is 6.04 Å². The number of benzene rings is 2. The van der Waals surface area contributed by atoms with Crippen LogP contribution in [0.1, 0.15) is 23.9 Å². The number of aryl methyl sites for hydroxylation is 2. The molecule has 0 aliphatic carbocycles. The lowest BCUT2D eigenvalue weighted by Gasteiger charge is -2.29. The average molecular weight is 520 g/mol. The Morgan fingerprint density at radius 1 is 1.03 bits per heavy atom. The van der Waals surface area contributed by atoms with Crippen LogP contribution in [0, 0.1) is 13.8 Å². The molecular formula is C28H33N5O3S. The lowest BCUT2D eigenvalue weighted by atomic mass is 10.1. The topological polar surface area (TPSA) is 87.7 Å². The van der Waals surface area contributed by atoms with Gasteiger partial charge in [0.05, 0.1) is 19.0 Å². The number of nitrogens with zero attached hydrogens (tertiary/aromatic N) is 4. The summed E-state index contributed by atoms with van der Waals surface area (Å²) in [6.07, 6.45) is 0. The fraction of sp³-hybridized carbons (Fsp3) is 0.357. The molecule has 1 fully saturated rings. The third-order valence-corrected chi connectivity index (χ3v) is 6.99. The van der Waals surface area contributed by atoms with Gasteiger partial charge in [-0.2, -0.15) is 0 Å². The second kappa shape index (κ2) is 12.7. The molecule has 1 aliphatic rings. The maximum absolute atomic E-state index is 13.4. The molecule has 37 heavy (non-hydrogen) atoms. The second-order valence-corrected chi connectivity index (χ2v) is 9.98. The first-order valence-corrected chi connectivity index (χ1v) is 13.4. The normalized spacial score (nSPS) is 14.2. The summed E-state index contributed by atoms with van der Waals surface area (Å²) in [4.78, 5) is 39.3. The SMILES string of the molecule is Cc1cc(C)nc(SCC(=O)N(Cc2ccccc2)C(C)C(=O)Nc2ccc(N3CCOCC3)cc2)n1. The number of morpholine rings is 1. The molecule has 0 spiro atoms. The van der Waals surface area contributed by atoms with E-state index in [1.165, 1.54) is 11.8 Å². The smallest absolute Gasteiger partial charge is 0.246 e. The van der Waals surface area contributed by atoms with Crippen molar-refractivity contribution in [2.45, 2.75) is 38.5 Å². The molecule has 194 valence electrons. The molecule has 2 amide bonds. The number of carbonyl (C=O) groups excluding carboxylic acids is 2. The van der Waals surface area contributed by atoms with E-state index >= 15 is 0 Å². The van der Waals surface area contributed by atoms with E-state index in [2.05, 4.69) is 20.2 Å². The number of amides is 2. The standard InChI is InChI=1S/C28H33N5O3S/c1-20-17-21(2)30-28(29-20)37-19-26(34)33(18-23-7-5-4-6-8-23)22(3)27(35)31-24-9-11-25(12-10-24)32-13-15-36-16-14-32/h4-12,17,22H,13-16,18-19H2,1-3H3,(H,31,35). The van der Waals surface area contributed by atoms with Crippen molar-refractivity contribution in [2.75, 3.05) is 42.3 Å². The van der Waals surface area contributed by atoms with E-state index in [0.717, 1.165) is 48.9 Å². The van der Waals surface area contributed by atoms with Crippen molar-refractivity contribution < 1.29 is 14.3 Å². The largest absolute Gasteiger partial charge is 0.378 e. The van der Waals surface area contributed by atoms with Crippen molar-refractivity contribution >= 4 is 35.0 Å². The van der Waals surface area contributed by atoms with Gasteiger partial charge in [0.25, 0.3) is 0 Å². The average Bonchev–Trinajstić information content (AvgIpc) is 2.91. The maximum Gasteiger partial charge on any atom is 0.246 e. The number of hydrogen-bond donors (Lipinski definition) is 1. The summed E-state index contributed by atoms with van der Waals surface area (Å²) in [5.41, 5.74) is 4.46. The van der Waals surface area contributed by atoms with Crippen molar-refractivity contribution in [1.29, 1.82) is 0 Å². The van der Waals surface area contributed by atoms with E-state index in [1.807, 2.05) is 74.5 Å². The summed E-state index contributed by atoms with van der Waals surface area (Å²) < 4.78 is 5.42. The van der Waals surface area contributed by atoms with Crippen LogP contribution in [0.4, 0.5) is 11.4 Å². The van der Waals surface area contributed by atoms with Gasteiger partial charge in [-0.1, -0.05) is 42.1 Å². The summed E-state index contributed by atoms with van der Waals surface area (Å²) in [5.74, 6) is -0.250. The summed E-state index contributed by atoms with van der Waals surface area (Å²) in [5, 5.41) is 3.53. The summed E-state index contributed by atoms with van der Waals surface area (Å²) in [6, 6.07) is 18.7. The van der Waals surface area contributed by atoms with Crippen LogP contribution < -0.4 is 10.2 Å². The number of carbonyl (C=O) groups is 2. The van der Waals surface area contributed by atoms with Gasteiger partial charge in [-0.15, -0.1) is 0 Å². The van der Waals surface area contributed by atoms with Crippen molar-refractivity contribution in [3.8, 4) is 0 Å². The van der Waals surface area contributed by atoms with Crippen LogP contribution in [-0.2, 0) is 20.9 Å². The predicted octanol–water partition coefficient (Wildman–Crippen LogP) is 4.08. The number of thioether (sulfide) groups is 1. The molecule has 8 nitrogen and oxygen atoms in total. The molecule has 0 bridgehead atoms. The Hall–Kier alpha value is -3.43. The summed E-state index contributed by atoms with van der Waals surface area (Å²) in [7, 11) is 0. The van der Waals surface area contributed by atoms with Gasteiger partial charge in [-0.25, -0.2) is 9.97 Å². The quantitative estimate of drug-likeness (QED) is 0.337. The van der Waals surface area contributed by atoms with Gasteiger partial charge >= 0.3 is 0 Å². The number of anilines is 2. The third kappa shape index (κ3) is 7.53. The number of rotatable bonds is 9. The van der Waals surface area contributed by atoms with Gasteiger partial charge in [-0.3, -0.25) is 9.59 Å². The number of hydrogen-bond acceptors (Lipinski definition) is 7. The van der Waals surface area contributed by atoms with Crippen LogP contribution in [0.15, 0.2) is 65.8 Å². The van der Waals surface area contributed by atoms with Gasteiger partial charge in [0.2, 0.25) is 11.8 Å². The first kappa shape index (κ1) is 26.6. The second-order valence-electron chi connectivity index (χ2n) is 9.04. The molecule has 1 aromatic heterocycles. The zero-order chi connectivity index (χ0) is 26.2. The molecular weight excluding hydrogens is 486 g/mol. The van der Waals surface area contributed by atoms with Gasteiger partial charge < -0.3 is 19.9 Å².